The average Bonchev–Trinajstić information content (AvgIpc) is 3.21. The van der Waals surface area contributed by atoms with Crippen LogP contribution in [0, 0.1) is 0 Å². The maximum atomic E-state index is 12.7. The van der Waals surface area contributed by atoms with Crippen LogP contribution in [0.5, 0.6) is 0 Å². The zero-order chi connectivity index (χ0) is 21.0. The Morgan fingerprint density at radius 2 is 1.90 bits per heavy atom. The molecule has 0 spiro atoms. The number of furan rings is 1. The minimum atomic E-state index is 0. The second kappa shape index (κ2) is 11.0. The molecule has 1 amide bonds. The molecular formula is C26H37IN2O2. The third-order valence-electron chi connectivity index (χ3n) is 7.43. The van der Waals surface area contributed by atoms with E-state index in [9.17, 15) is 4.79 Å². The maximum Gasteiger partial charge on any atom is 0.224 e. The third-order valence-corrected chi connectivity index (χ3v) is 7.43. The molecule has 0 radical (unpaired) electrons. The number of halogens is 1. The number of allylic oxidation sites excluding steroid dienone is 1. The van der Waals surface area contributed by atoms with Crippen LogP contribution in [0.2, 0.25) is 0 Å². The molecule has 1 aromatic carbocycles. The molecule has 1 aliphatic carbocycles. The number of benzene rings is 1. The van der Waals surface area contributed by atoms with Crippen LogP contribution in [0.25, 0.3) is 10.8 Å². The van der Waals surface area contributed by atoms with Gasteiger partial charge in [-0.05, 0) is 44.2 Å². The van der Waals surface area contributed by atoms with Crippen molar-refractivity contribution in [1.29, 1.82) is 0 Å². The van der Waals surface area contributed by atoms with Crippen LogP contribution in [-0.2, 0) is 4.79 Å². The lowest BCUT2D eigenvalue weighted by Crippen LogP contribution is -3.00. The van der Waals surface area contributed by atoms with Crippen LogP contribution in [0.4, 0.5) is 5.69 Å². The van der Waals surface area contributed by atoms with E-state index >= 15 is 0 Å². The number of carbonyl (C=O) groups excluding carboxylic acids is 1. The lowest BCUT2D eigenvalue weighted by atomic mass is 9.95. The minimum absolute atomic E-state index is 0. The van der Waals surface area contributed by atoms with Crippen molar-refractivity contribution in [2.24, 2.45) is 0 Å². The highest BCUT2D eigenvalue weighted by molar-refractivity contribution is 6.02. The fourth-order valence-corrected chi connectivity index (χ4v) is 5.59. The summed E-state index contributed by atoms with van der Waals surface area (Å²) in [5.74, 6) is 0.132. The molecule has 1 aromatic heterocycles. The van der Waals surface area contributed by atoms with E-state index in [1.807, 2.05) is 17.0 Å². The minimum Gasteiger partial charge on any atom is -1.00 e. The first-order valence-electron chi connectivity index (χ1n) is 11.9. The van der Waals surface area contributed by atoms with Gasteiger partial charge in [-0.2, -0.15) is 0 Å². The number of amides is 1. The summed E-state index contributed by atoms with van der Waals surface area (Å²) in [4.78, 5) is 14.7. The van der Waals surface area contributed by atoms with E-state index < -0.39 is 0 Å². The van der Waals surface area contributed by atoms with E-state index in [-0.39, 0.29) is 35.9 Å². The van der Waals surface area contributed by atoms with Gasteiger partial charge in [-0.3, -0.25) is 4.79 Å². The zero-order valence-electron chi connectivity index (χ0n) is 19.1. The van der Waals surface area contributed by atoms with Crippen molar-refractivity contribution in [3.63, 3.8) is 0 Å². The van der Waals surface area contributed by atoms with Crippen LogP contribution >= 0.6 is 0 Å². The number of likely N-dealkylation sites (tertiary alicyclic amines) is 1. The summed E-state index contributed by atoms with van der Waals surface area (Å²) in [5.41, 5.74) is 2.68. The zero-order valence-corrected chi connectivity index (χ0v) is 21.3. The van der Waals surface area contributed by atoms with Gasteiger partial charge in [-0.25, -0.2) is 0 Å². The van der Waals surface area contributed by atoms with Crippen molar-refractivity contribution in [1.82, 2.24) is 0 Å². The maximum absolute atomic E-state index is 12.7. The number of rotatable bonds is 5. The highest BCUT2D eigenvalue weighted by Gasteiger charge is 2.37. The molecule has 0 saturated carbocycles. The summed E-state index contributed by atoms with van der Waals surface area (Å²) in [6, 6.07) is 6.41. The molecule has 1 saturated heterocycles. The third kappa shape index (κ3) is 5.54. The van der Waals surface area contributed by atoms with Crippen LogP contribution in [0.1, 0.15) is 65.2 Å². The van der Waals surface area contributed by atoms with Crippen LogP contribution in [-0.4, -0.2) is 42.6 Å². The van der Waals surface area contributed by atoms with Gasteiger partial charge >= 0.3 is 0 Å². The van der Waals surface area contributed by atoms with Crippen molar-refractivity contribution in [3.8, 4) is 0 Å². The standard InChI is InChI=1S/C26H37N2O2.HI/c1-3-28(18-22-10-7-5-4-6-8-11-22)16-14-24(15-17-28)27(21(2)29)26-13-9-12-23-19-30-20-25(23)26;/h9-10,12-13,19-20,24H,3-8,11,14-18H2,1-2H3;1H/q+1;/p-1/b22-10+;. The number of quaternary nitrogens is 1. The Morgan fingerprint density at radius 1 is 1.13 bits per heavy atom. The quantitative estimate of drug-likeness (QED) is 0.335. The first kappa shape index (κ1) is 24.3. The first-order chi connectivity index (χ1) is 14.6. The Kier molecular flexibility index (Phi) is 8.62. The average molecular weight is 536 g/mol. The number of fused-ring (bicyclic) bond motifs is 1. The van der Waals surface area contributed by atoms with Crippen molar-refractivity contribution < 1.29 is 37.7 Å². The van der Waals surface area contributed by atoms with Gasteiger partial charge in [-0.15, -0.1) is 0 Å². The number of nitrogens with zero attached hydrogens (tertiary/aromatic N) is 2. The van der Waals surface area contributed by atoms with E-state index in [1.54, 1.807) is 25.0 Å². The van der Waals surface area contributed by atoms with Gasteiger partial charge in [0, 0.05) is 36.6 Å². The molecular weight excluding hydrogens is 499 g/mol. The van der Waals surface area contributed by atoms with Crippen molar-refractivity contribution in [3.05, 3.63) is 42.4 Å². The predicted molar refractivity (Wildman–Crippen MR) is 124 cm³/mol. The van der Waals surface area contributed by atoms with Gasteiger partial charge in [-0.1, -0.05) is 31.1 Å². The number of likely N-dealkylation sites (N-methyl/N-ethyl adjacent to an activating group) is 1. The van der Waals surface area contributed by atoms with Gasteiger partial charge in [0.15, 0.2) is 0 Å². The molecule has 1 fully saturated rings. The molecule has 0 unspecified atom stereocenters. The summed E-state index contributed by atoms with van der Waals surface area (Å²) in [6.45, 7) is 8.75. The van der Waals surface area contributed by atoms with Crippen molar-refractivity contribution >= 4 is 22.4 Å². The Balaban J connectivity index is 0.00000272. The second-order valence-corrected chi connectivity index (χ2v) is 9.35. The Bertz CT molecular complexity index is 896. The van der Waals surface area contributed by atoms with Gasteiger partial charge in [0.05, 0.1) is 31.6 Å². The summed E-state index contributed by atoms with van der Waals surface area (Å²) in [7, 11) is 0. The van der Waals surface area contributed by atoms with Crippen LogP contribution in [0.3, 0.4) is 0 Å². The molecule has 2 heterocycles. The molecule has 31 heavy (non-hydrogen) atoms. The Labute approximate surface area is 204 Å². The summed E-state index contributed by atoms with van der Waals surface area (Å²) >= 11 is 0. The van der Waals surface area contributed by atoms with E-state index in [2.05, 4.69) is 19.1 Å². The monoisotopic (exact) mass is 536 g/mol. The molecule has 0 atom stereocenters. The predicted octanol–water partition coefficient (Wildman–Crippen LogP) is 3.07. The molecule has 2 aromatic rings. The van der Waals surface area contributed by atoms with Gasteiger partial charge in [0.2, 0.25) is 5.91 Å². The number of hydrogen-bond acceptors (Lipinski definition) is 2. The van der Waals surface area contributed by atoms with Crippen LogP contribution < -0.4 is 28.9 Å². The topological polar surface area (TPSA) is 33.5 Å². The van der Waals surface area contributed by atoms with E-state index in [0.29, 0.717) is 0 Å². The molecule has 1 aliphatic heterocycles. The molecule has 5 heteroatoms. The largest absolute Gasteiger partial charge is 1.00 e. The second-order valence-electron chi connectivity index (χ2n) is 9.35. The van der Waals surface area contributed by atoms with E-state index in [1.165, 1.54) is 56.1 Å². The molecule has 170 valence electrons. The normalized spacial score (nSPS) is 26.3. The SMILES string of the molecule is CC[N+]1(C/C2=C/CCCCCC2)CCC(N(C(C)=O)c2cccc3cocc23)CC1.[I-]. The number of anilines is 1. The van der Waals surface area contributed by atoms with Gasteiger partial charge < -0.3 is 37.8 Å². The Hall–Kier alpha value is -1.34. The Morgan fingerprint density at radius 3 is 2.65 bits per heavy atom. The number of carbonyl (C=O) groups is 1. The first-order valence-corrected chi connectivity index (χ1v) is 11.9. The summed E-state index contributed by atoms with van der Waals surface area (Å²) in [5, 5.41) is 2.10. The fourth-order valence-electron chi connectivity index (χ4n) is 5.59. The molecule has 4 nitrogen and oxygen atoms in total. The molecule has 4 rings (SSSR count). The van der Waals surface area contributed by atoms with Crippen molar-refractivity contribution in [2.45, 2.75) is 71.3 Å². The molecule has 0 N–H and O–H groups in total. The highest BCUT2D eigenvalue weighted by Crippen LogP contribution is 2.33. The molecule has 0 bridgehead atoms. The summed E-state index contributed by atoms with van der Waals surface area (Å²) < 4.78 is 6.61. The lowest BCUT2D eigenvalue weighted by molar-refractivity contribution is -0.926. The van der Waals surface area contributed by atoms with Crippen molar-refractivity contribution in [2.75, 3.05) is 31.1 Å². The lowest BCUT2D eigenvalue weighted by Gasteiger charge is -2.46. The van der Waals surface area contributed by atoms with Gasteiger partial charge in [0.25, 0.3) is 0 Å². The van der Waals surface area contributed by atoms with Crippen LogP contribution in [0.15, 0.2) is 46.8 Å². The van der Waals surface area contributed by atoms with Gasteiger partial charge in [0.1, 0.15) is 12.8 Å². The van der Waals surface area contributed by atoms with E-state index in [4.69, 9.17) is 4.42 Å². The molecule has 2 aliphatic rings. The highest BCUT2D eigenvalue weighted by atomic mass is 127. The summed E-state index contributed by atoms with van der Waals surface area (Å²) in [6.07, 6.45) is 16.2. The fraction of sp³-hybridized carbons (Fsp3) is 0.577. The van der Waals surface area contributed by atoms with E-state index in [0.717, 1.165) is 42.4 Å². The smallest absolute Gasteiger partial charge is 0.224 e. The number of hydrogen-bond donors (Lipinski definition) is 0. The number of piperidine rings is 1.